The van der Waals surface area contributed by atoms with Crippen molar-refractivity contribution >= 4 is 12.3 Å². The largest absolute Gasteiger partial charge is 0.460 e. The van der Waals surface area contributed by atoms with Gasteiger partial charge in [0, 0.05) is 6.42 Å². The molecule has 0 aromatic rings. The fraction of sp³-hybridized carbons (Fsp3) is 0.846. The average Bonchev–Trinajstić information content (AvgIpc) is 2.08. The number of hydrogen-bond acceptors (Lipinski definition) is 5. The molecule has 5 nitrogen and oxygen atoms in total. The lowest BCUT2D eigenvalue weighted by atomic mass is 10.1. The topological polar surface area (TPSA) is 72.8 Å². The molecule has 0 heterocycles. The maximum atomic E-state index is 11.6. The molecule has 0 aliphatic carbocycles. The maximum absolute atomic E-state index is 11.6. The molecule has 0 saturated heterocycles. The lowest BCUT2D eigenvalue weighted by Crippen LogP contribution is -2.33. The molecule has 5 heteroatoms. The van der Waals surface area contributed by atoms with Gasteiger partial charge in [0.25, 0.3) is 0 Å². The van der Waals surface area contributed by atoms with E-state index in [4.69, 9.17) is 9.47 Å². The molecule has 0 saturated carbocycles. The molecule has 106 valence electrons. The van der Waals surface area contributed by atoms with Gasteiger partial charge in [-0.2, -0.15) is 0 Å². The van der Waals surface area contributed by atoms with Crippen LogP contribution < -0.4 is 0 Å². The fourth-order valence-corrected chi connectivity index (χ4v) is 1.43. The predicted octanol–water partition coefficient (Wildman–Crippen LogP) is 1.81. The minimum absolute atomic E-state index is 0.0229. The average molecular weight is 260 g/mol. The Labute approximate surface area is 108 Å². The number of rotatable bonds is 7. The van der Waals surface area contributed by atoms with E-state index in [1.165, 1.54) is 13.8 Å². The summed E-state index contributed by atoms with van der Waals surface area (Å²) in [6.45, 7) is 8.30. The van der Waals surface area contributed by atoms with Crippen LogP contribution in [0.4, 0.5) is 0 Å². The highest BCUT2D eigenvalue weighted by molar-refractivity contribution is 5.70. The SMILES string of the molecule is CC(C)(C)OC(=O)C[C@@H](CCC=O)OC(C)(C)O. The number of carbonyl (C=O) groups is 2. The molecule has 0 spiro atoms. The van der Waals surface area contributed by atoms with Crippen LogP contribution >= 0.6 is 0 Å². The van der Waals surface area contributed by atoms with Crippen LogP contribution in [0.2, 0.25) is 0 Å². The first-order valence-corrected chi connectivity index (χ1v) is 6.09. The third-order valence-corrected chi connectivity index (χ3v) is 1.88. The number of hydrogen-bond donors (Lipinski definition) is 1. The maximum Gasteiger partial charge on any atom is 0.308 e. The van der Waals surface area contributed by atoms with Gasteiger partial charge in [0.1, 0.15) is 11.9 Å². The van der Waals surface area contributed by atoms with Gasteiger partial charge in [-0.05, 0) is 41.0 Å². The lowest BCUT2D eigenvalue weighted by molar-refractivity contribution is -0.211. The first-order valence-electron chi connectivity index (χ1n) is 6.09. The van der Waals surface area contributed by atoms with Crippen molar-refractivity contribution in [2.24, 2.45) is 0 Å². The van der Waals surface area contributed by atoms with E-state index < -0.39 is 23.5 Å². The Morgan fingerprint density at radius 3 is 2.22 bits per heavy atom. The molecule has 1 atom stereocenters. The second kappa shape index (κ2) is 6.85. The Kier molecular flexibility index (Phi) is 6.49. The van der Waals surface area contributed by atoms with E-state index in [-0.39, 0.29) is 12.8 Å². The van der Waals surface area contributed by atoms with Crippen LogP contribution in [0.25, 0.3) is 0 Å². The summed E-state index contributed by atoms with van der Waals surface area (Å²) in [5, 5.41) is 9.57. The van der Waals surface area contributed by atoms with Crippen molar-refractivity contribution in [3.05, 3.63) is 0 Å². The predicted molar refractivity (Wildman–Crippen MR) is 66.9 cm³/mol. The molecule has 1 N–H and O–H groups in total. The molecule has 0 aromatic heterocycles. The van der Waals surface area contributed by atoms with Crippen LogP contribution in [0.15, 0.2) is 0 Å². The van der Waals surface area contributed by atoms with Crippen molar-refractivity contribution in [1.29, 1.82) is 0 Å². The van der Waals surface area contributed by atoms with E-state index in [0.717, 1.165) is 6.29 Å². The second-order valence-electron chi connectivity index (χ2n) is 5.72. The third kappa shape index (κ3) is 10.2. The molecule has 0 radical (unpaired) electrons. The quantitative estimate of drug-likeness (QED) is 0.429. The van der Waals surface area contributed by atoms with E-state index in [2.05, 4.69) is 0 Å². The standard InChI is InChI=1S/C13H24O5/c1-12(2,3)18-11(15)9-10(7-6-8-14)17-13(4,5)16/h8,10,16H,6-7,9H2,1-5H3/t10-/m1/s1. The number of esters is 1. The van der Waals surface area contributed by atoms with Gasteiger partial charge in [-0.25, -0.2) is 0 Å². The van der Waals surface area contributed by atoms with Crippen LogP contribution in [0.3, 0.4) is 0 Å². The summed E-state index contributed by atoms with van der Waals surface area (Å²) >= 11 is 0. The summed E-state index contributed by atoms with van der Waals surface area (Å²) in [4.78, 5) is 22.0. The van der Waals surface area contributed by atoms with Gasteiger partial charge in [-0.15, -0.1) is 0 Å². The van der Waals surface area contributed by atoms with Crippen molar-refractivity contribution in [3.63, 3.8) is 0 Å². The van der Waals surface area contributed by atoms with Gasteiger partial charge >= 0.3 is 5.97 Å². The normalized spacial score (nSPS) is 14.1. The summed E-state index contributed by atoms with van der Waals surface area (Å²) in [6.07, 6.45) is 0.923. The van der Waals surface area contributed by atoms with Crippen LogP contribution in [0.1, 0.15) is 53.9 Å². The van der Waals surface area contributed by atoms with Crippen LogP contribution in [0.5, 0.6) is 0 Å². The van der Waals surface area contributed by atoms with Crippen molar-refractivity contribution in [2.45, 2.75) is 71.4 Å². The number of ether oxygens (including phenoxy) is 2. The lowest BCUT2D eigenvalue weighted by Gasteiger charge is -2.27. The number of aldehydes is 1. The van der Waals surface area contributed by atoms with Gasteiger partial charge in [-0.3, -0.25) is 4.79 Å². The fourth-order valence-electron chi connectivity index (χ4n) is 1.43. The number of carbonyl (C=O) groups excluding carboxylic acids is 2. The van der Waals surface area contributed by atoms with Crippen molar-refractivity contribution < 1.29 is 24.2 Å². The monoisotopic (exact) mass is 260 g/mol. The first kappa shape index (κ1) is 17.1. The van der Waals surface area contributed by atoms with Gasteiger partial charge in [0.05, 0.1) is 12.5 Å². The first-order chi connectivity index (χ1) is 8.03. The van der Waals surface area contributed by atoms with E-state index in [1.54, 1.807) is 20.8 Å². The van der Waals surface area contributed by atoms with Crippen LogP contribution in [0, 0.1) is 0 Å². The molecule has 0 aromatic carbocycles. The molecule has 0 amide bonds. The molecule has 0 aliphatic rings. The van der Waals surface area contributed by atoms with Gasteiger partial charge in [0.15, 0.2) is 5.79 Å². The minimum Gasteiger partial charge on any atom is -0.460 e. The van der Waals surface area contributed by atoms with Gasteiger partial charge < -0.3 is 19.4 Å². The minimum atomic E-state index is -1.34. The molecule has 0 bridgehead atoms. The smallest absolute Gasteiger partial charge is 0.308 e. The zero-order valence-corrected chi connectivity index (χ0v) is 11.9. The Hall–Kier alpha value is -0.940. The summed E-state index contributed by atoms with van der Waals surface area (Å²) in [5.74, 6) is -1.74. The molecule has 0 rings (SSSR count). The Morgan fingerprint density at radius 1 is 1.28 bits per heavy atom. The Morgan fingerprint density at radius 2 is 1.83 bits per heavy atom. The second-order valence-corrected chi connectivity index (χ2v) is 5.72. The van der Waals surface area contributed by atoms with Crippen LogP contribution in [-0.2, 0) is 19.1 Å². The van der Waals surface area contributed by atoms with Gasteiger partial charge in [-0.1, -0.05) is 0 Å². The Bertz CT molecular complexity index is 272. The van der Waals surface area contributed by atoms with Gasteiger partial charge in [0.2, 0.25) is 0 Å². The molecule has 0 fully saturated rings. The summed E-state index contributed by atoms with van der Waals surface area (Å²) in [7, 11) is 0. The van der Waals surface area contributed by atoms with E-state index in [9.17, 15) is 14.7 Å². The Balaban J connectivity index is 4.39. The molecule has 0 aliphatic heterocycles. The van der Waals surface area contributed by atoms with E-state index in [0.29, 0.717) is 6.42 Å². The highest BCUT2D eigenvalue weighted by Gasteiger charge is 2.25. The summed E-state index contributed by atoms with van der Waals surface area (Å²) in [6, 6.07) is 0. The summed E-state index contributed by atoms with van der Waals surface area (Å²) < 4.78 is 10.5. The molecular formula is C13H24O5. The highest BCUT2D eigenvalue weighted by Crippen LogP contribution is 2.17. The summed E-state index contributed by atoms with van der Waals surface area (Å²) in [5.41, 5.74) is -0.555. The molecular weight excluding hydrogens is 236 g/mol. The highest BCUT2D eigenvalue weighted by atomic mass is 16.6. The van der Waals surface area contributed by atoms with E-state index in [1.807, 2.05) is 0 Å². The zero-order chi connectivity index (χ0) is 14.4. The van der Waals surface area contributed by atoms with Crippen LogP contribution in [-0.4, -0.2) is 34.9 Å². The molecule has 18 heavy (non-hydrogen) atoms. The third-order valence-electron chi connectivity index (χ3n) is 1.88. The van der Waals surface area contributed by atoms with Crippen molar-refractivity contribution in [1.82, 2.24) is 0 Å². The van der Waals surface area contributed by atoms with E-state index >= 15 is 0 Å². The molecule has 0 unspecified atom stereocenters. The zero-order valence-electron chi connectivity index (χ0n) is 11.9. The van der Waals surface area contributed by atoms with Crippen molar-refractivity contribution in [2.75, 3.05) is 0 Å². The van der Waals surface area contributed by atoms with Crippen molar-refractivity contribution in [3.8, 4) is 0 Å². The number of aliphatic hydroxyl groups is 1.